The van der Waals surface area contributed by atoms with Crippen LogP contribution in [0.4, 0.5) is 10.5 Å². The minimum atomic E-state index is -0.519. The SMILES string of the molecule is CCN(CC)[C@H]1CCN(C(=O)[C@@H](NC(=O)Nc2ccccc2)C(C)C)C1. The van der Waals surface area contributed by atoms with Crippen LogP contribution >= 0.6 is 0 Å². The highest BCUT2D eigenvalue weighted by Gasteiger charge is 2.34. The van der Waals surface area contributed by atoms with Gasteiger partial charge in [0.15, 0.2) is 0 Å². The molecule has 0 radical (unpaired) electrons. The molecule has 1 fully saturated rings. The first-order valence-corrected chi connectivity index (χ1v) is 9.61. The average molecular weight is 361 g/mol. The zero-order valence-corrected chi connectivity index (χ0v) is 16.4. The summed E-state index contributed by atoms with van der Waals surface area (Å²) in [4.78, 5) is 29.6. The van der Waals surface area contributed by atoms with Crippen LogP contribution in [-0.2, 0) is 4.79 Å². The molecule has 1 saturated heterocycles. The number of carbonyl (C=O) groups excluding carboxylic acids is 2. The van der Waals surface area contributed by atoms with Gasteiger partial charge in [-0.25, -0.2) is 4.79 Å². The molecule has 6 nitrogen and oxygen atoms in total. The maximum absolute atomic E-state index is 13.0. The van der Waals surface area contributed by atoms with Gasteiger partial charge in [0.2, 0.25) is 5.91 Å². The molecule has 0 aromatic heterocycles. The number of nitrogens with one attached hydrogen (secondary N) is 2. The predicted molar refractivity (Wildman–Crippen MR) is 105 cm³/mol. The minimum Gasteiger partial charge on any atom is -0.339 e. The van der Waals surface area contributed by atoms with Gasteiger partial charge in [-0.15, -0.1) is 0 Å². The Morgan fingerprint density at radius 1 is 1.19 bits per heavy atom. The third kappa shape index (κ3) is 5.21. The van der Waals surface area contributed by atoms with Gasteiger partial charge >= 0.3 is 6.03 Å². The van der Waals surface area contributed by atoms with Crippen molar-refractivity contribution in [2.45, 2.75) is 46.2 Å². The first kappa shape index (κ1) is 20.2. The molecule has 1 aromatic carbocycles. The number of para-hydroxylation sites is 1. The third-order valence-corrected chi connectivity index (χ3v) is 5.05. The zero-order chi connectivity index (χ0) is 19.1. The number of urea groups is 1. The van der Waals surface area contributed by atoms with E-state index in [-0.39, 0.29) is 17.9 Å². The van der Waals surface area contributed by atoms with Crippen LogP contribution in [0.1, 0.15) is 34.1 Å². The van der Waals surface area contributed by atoms with Crippen molar-refractivity contribution in [3.63, 3.8) is 0 Å². The van der Waals surface area contributed by atoms with Crippen molar-refractivity contribution >= 4 is 17.6 Å². The highest BCUT2D eigenvalue weighted by Crippen LogP contribution is 2.18. The quantitative estimate of drug-likeness (QED) is 0.786. The molecular formula is C20H32N4O2. The second kappa shape index (κ2) is 9.57. The van der Waals surface area contributed by atoms with E-state index in [1.807, 2.05) is 49.1 Å². The van der Waals surface area contributed by atoms with E-state index in [1.54, 1.807) is 0 Å². The van der Waals surface area contributed by atoms with Crippen LogP contribution in [0.5, 0.6) is 0 Å². The van der Waals surface area contributed by atoms with Crippen molar-refractivity contribution in [2.75, 3.05) is 31.5 Å². The topological polar surface area (TPSA) is 64.7 Å². The van der Waals surface area contributed by atoms with E-state index in [0.29, 0.717) is 11.7 Å². The Morgan fingerprint density at radius 3 is 2.42 bits per heavy atom. The molecule has 2 atom stereocenters. The van der Waals surface area contributed by atoms with Crippen molar-refractivity contribution in [3.8, 4) is 0 Å². The number of rotatable bonds is 7. The summed E-state index contributed by atoms with van der Waals surface area (Å²) in [6, 6.07) is 8.80. The normalized spacial score (nSPS) is 18.2. The van der Waals surface area contributed by atoms with Crippen LogP contribution in [0.3, 0.4) is 0 Å². The fraction of sp³-hybridized carbons (Fsp3) is 0.600. The van der Waals surface area contributed by atoms with E-state index in [2.05, 4.69) is 29.4 Å². The summed E-state index contributed by atoms with van der Waals surface area (Å²) in [7, 11) is 0. The first-order chi connectivity index (χ1) is 12.5. The molecule has 0 saturated carbocycles. The maximum atomic E-state index is 13.0. The molecule has 0 unspecified atom stereocenters. The van der Waals surface area contributed by atoms with Gasteiger partial charge in [0.1, 0.15) is 6.04 Å². The molecule has 26 heavy (non-hydrogen) atoms. The lowest BCUT2D eigenvalue weighted by Crippen LogP contribution is -2.52. The lowest BCUT2D eigenvalue weighted by Gasteiger charge is -2.29. The molecule has 0 spiro atoms. The summed E-state index contributed by atoms with van der Waals surface area (Å²) in [5.74, 6) is 0.0365. The van der Waals surface area contributed by atoms with E-state index < -0.39 is 6.04 Å². The van der Waals surface area contributed by atoms with Gasteiger partial charge in [-0.3, -0.25) is 9.69 Å². The van der Waals surface area contributed by atoms with Crippen molar-refractivity contribution < 1.29 is 9.59 Å². The highest BCUT2D eigenvalue weighted by molar-refractivity contribution is 5.93. The van der Waals surface area contributed by atoms with Crippen molar-refractivity contribution in [3.05, 3.63) is 30.3 Å². The Balaban J connectivity index is 1.96. The number of benzene rings is 1. The second-order valence-electron chi connectivity index (χ2n) is 7.13. The Morgan fingerprint density at radius 2 is 1.85 bits per heavy atom. The summed E-state index contributed by atoms with van der Waals surface area (Å²) in [5.41, 5.74) is 0.711. The number of hydrogen-bond acceptors (Lipinski definition) is 3. The molecule has 1 aromatic rings. The number of anilines is 1. The van der Waals surface area contributed by atoms with Gasteiger partial charge in [0.05, 0.1) is 0 Å². The van der Waals surface area contributed by atoms with Gasteiger partial charge in [-0.1, -0.05) is 45.9 Å². The van der Waals surface area contributed by atoms with E-state index >= 15 is 0 Å². The molecule has 1 aliphatic rings. The summed E-state index contributed by atoms with van der Waals surface area (Å²) >= 11 is 0. The zero-order valence-electron chi connectivity index (χ0n) is 16.4. The van der Waals surface area contributed by atoms with Crippen molar-refractivity contribution in [1.82, 2.24) is 15.1 Å². The molecule has 144 valence electrons. The Kier molecular flexibility index (Phi) is 7.45. The summed E-state index contributed by atoms with van der Waals surface area (Å²) in [6.45, 7) is 11.7. The molecule has 3 amide bonds. The number of nitrogens with zero attached hydrogens (tertiary/aromatic N) is 2. The summed E-state index contributed by atoms with van der Waals surface area (Å²) < 4.78 is 0. The van der Waals surface area contributed by atoms with Crippen LogP contribution < -0.4 is 10.6 Å². The number of amides is 3. The lowest BCUT2D eigenvalue weighted by molar-refractivity contribution is -0.133. The smallest absolute Gasteiger partial charge is 0.319 e. The van der Waals surface area contributed by atoms with Gasteiger partial charge in [0.25, 0.3) is 0 Å². The Hall–Kier alpha value is -2.08. The van der Waals surface area contributed by atoms with E-state index in [1.165, 1.54) is 0 Å². The van der Waals surface area contributed by atoms with Gasteiger partial charge in [-0.05, 0) is 37.6 Å². The number of hydrogen-bond donors (Lipinski definition) is 2. The second-order valence-corrected chi connectivity index (χ2v) is 7.13. The third-order valence-electron chi connectivity index (χ3n) is 5.05. The lowest BCUT2D eigenvalue weighted by atomic mass is 10.0. The van der Waals surface area contributed by atoms with Crippen molar-refractivity contribution in [1.29, 1.82) is 0 Å². The monoisotopic (exact) mass is 360 g/mol. The first-order valence-electron chi connectivity index (χ1n) is 9.61. The van der Waals surface area contributed by atoms with E-state index in [9.17, 15) is 9.59 Å². The molecule has 2 N–H and O–H groups in total. The van der Waals surface area contributed by atoms with Crippen molar-refractivity contribution in [2.24, 2.45) is 5.92 Å². The molecule has 2 rings (SSSR count). The predicted octanol–water partition coefficient (Wildman–Crippen LogP) is 2.78. The average Bonchev–Trinajstić information content (AvgIpc) is 3.11. The number of likely N-dealkylation sites (tertiary alicyclic amines) is 1. The standard InChI is InChI=1S/C20H32N4O2/c1-5-23(6-2)17-12-13-24(14-17)19(25)18(15(3)4)22-20(26)21-16-10-8-7-9-11-16/h7-11,15,17-18H,5-6,12-14H2,1-4H3,(H2,21,22,26)/t17-,18-/m0/s1. The molecular weight excluding hydrogens is 328 g/mol. The molecule has 6 heteroatoms. The van der Waals surface area contributed by atoms with Gasteiger partial charge < -0.3 is 15.5 Å². The van der Waals surface area contributed by atoms with Crippen LogP contribution in [0.25, 0.3) is 0 Å². The largest absolute Gasteiger partial charge is 0.339 e. The number of likely N-dealkylation sites (N-methyl/N-ethyl adjacent to an activating group) is 1. The number of carbonyl (C=O) groups is 2. The molecule has 1 heterocycles. The van der Waals surface area contributed by atoms with E-state index in [4.69, 9.17) is 0 Å². The highest BCUT2D eigenvalue weighted by atomic mass is 16.2. The molecule has 0 bridgehead atoms. The maximum Gasteiger partial charge on any atom is 0.319 e. The van der Waals surface area contributed by atoms with Crippen LogP contribution in [0.15, 0.2) is 30.3 Å². The molecule has 0 aliphatic carbocycles. The van der Waals surface area contributed by atoms with E-state index in [0.717, 1.165) is 32.6 Å². The van der Waals surface area contributed by atoms with Crippen LogP contribution in [0, 0.1) is 5.92 Å². The van der Waals surface area contributed by atoms with Gasteiger partial charge in [0, 0.05) is 24.8 Å². The Labute approximate surface area is 156 Å². The Bertz CT molecular complexity index is 587. The summed E-state index contributed by atoms with van der Waals surface area (Å²) in [5, 5.41) is 5.65. The van der Waals surface area contributed by atoms with Gasteiger partial charge in [-0.2, -0.15) is 0 Å². The fourth-order valence-electron chi connectivity index (χ4n) is 3.52. The fourth-order valence-corrected chi connectivity index (χ4v) is 3.52. The van der Waals surface area contributed by atoms with Crippen LogP contribution in [-0.4, -0.2) is 60.0 Å². The minimum absolute atomic E-state index is 0.0119. The van der Waals surface area contributed by atoms with Crippen LogP contribution in [0.2, 0.25) is 0 Å². The summed E-state index contributed by atoms with van der Waals surface area (Å²) in [6.07, 6.45) is 0.994. The molecule has 1 aliphatic heterocycles.